The fraction of sp³-hybridized carbons (Fsp3) is 1.00. The molecule has 2 rings (SSSR count). The molecule has 0 radical (unpaired) electrons. The second-order valence-electron chi connectivity index (χ2n) is 5.03. The largest absolute Gasteiger partial charge is 0.317 e. The van der Waals surface area contributed by atoms with Crippen molar-refractivity contribution < 1.29 is 8.42 Å². The van der Waals surface area contributed by atoms with Gasteiger partial charge in [0.1, 0.15) is 9.84 Å². The number of rotatable bonds is 3. The van der Waals surface area contributed by atoms with Gasteiger partial charge in [0.25, 0.3) is 0 Å². The Morgan fingerprint density at radius 2 is 1.69 bits per heavy atom. The van der Waals surface area contributed by atoms with E-state index in [9.17, 15) is 8.42 Å². The summed E-state index contributed by atoms with van der Waals surface area (Å²) in [5.74, 6) is 1.52. The number of sulfone groups is 1. The van der Waals surface area contributed by atoms with Gasteiger partial charge in [0.15, 0.2) is 0 Å². The minimum Gasteiger partial charge on any atom is -0.317 e. The molecule has 4 nitrogen and oxygen atoms in total. The van der Waals surface area contributed by atoms with Crippen LogP contribution < -0.4 is 10.6 Å². The highest BCUT2D eigenvalue weighted by atomic mass is 32.2. The molecule has 0 unspecified atom stereocenters. The first-order valence-electron chi connectivity index (χ1n) is 6.30. The average molecular weight is 246 g/mol. The molecule has 0 amide bonds. The summed E-state index contributed by atoms with van der Waals surface area (Å²) in [5.41, 5.74) is 0. The molecule has 0 aromatic carbocycles. The Kier molecular flexibility index (Phi) is 4.21. The van der Waals surface area contributed by atoms with E-state index in [1.54, 1.807) is 0 Å². The lowest BCUT2D eigenvalue weighted by Gasteiger charge is -2.28. The third kappa shape index (κ3) is 3.71. The maximum atomic E-state index is 11.3. The predicted octanol–water partition coefficient (Wildman–Crippen LogP) is 0.153. The molecule has 0 aromatic heterocycles. The summed E-state index contributed by atoms with van der Waals surface area (Å²) in [5, 5.41) is 6.89. The number of hydrogen-bond acceptors (Lipinski definition) is 4. The van der Waals surface area contributed by atoms with Crippen LogP contribution in [0.2, 0.25) is 0 Å². The van der Waals surface area contributed by atoms with Crippen LogP contribution in [0.25, 0.3) is 0 Å². The quantitative estimate of drug-likeness (QED) is 0.744. The van der Waals surface area contributed by atoms with E-state index in [4.69, 9.17) is 0 Å². The van der Waals surface area contributed by atoms with Crippen LogP contribution in [0.4, 0.5) is 0 Å². The van der Waals surface area contributed by atoms with Crippen LogP contribution in [-0.4, -0.2) is 45.6 Å². The van der Waals surface area contributed by atoms with Crippen LogP contribution in [0.1, 0.15) is 25.7 Å². The molecular weight excluding hydrogens is 224 g/mol. The zero-order valence-corrected chi connectivity index (χ0v) is 10.6. The van der Waals surface area contributed by atoms with Crippen molar-refractivity contribution in [1.29, 1.82) is 0 Å². The third-order valence-corrected chi connectivity index (χ3v) is 5.42. The van der Waals surface area contributed by atoms with Crippen molar-refractivity contribution in [2.45, 2.75) is 31.7 Å². The maximum Gasteiger partial charge on any atom is 0.150 e. The van der Waals surface area contributed by atoms with Crippen molar-refractivity contribution in [3.8, 4) is 0 Å². The monoisotopic (exact) mass is 246 g/mol. The molecule has 16 heavy (non-hydrogen) atoms. The lowest BCUT2D eigenvalue weighted by molar-refractivity contribution is 0.332. The van der Waals surface area contributed by atoms with Gasteiger partial charge >= 0.3 is 0 Å². The number of hydrogen-bond donors (Lipinski definition) is 2. The third-order valence-electron chi connectivity index (χ3n) is 3.71. The van der Waals surface area contributed by atoms with Crippen molar-refractivity contribution >= 4 is 9.84 Å². The van der Waals surface area contributed by atoms with E-state index in [0.717, 1.165) is 38.4 Å². The second-order valence-corrected chi connectivity index (χ2v) is 7.33. The molecule has 0 aromatic rings. The summed E-state index contributed by atoms with van der Waals surface area (Å²) in [6.45, 7) is 3.32. The van der Waals surface area contributed by atoms with Crippen molar-refractivity contribution in [1.82, 2.24) is 10.6 Å². The molecule has 2 aliphatic heterocycles. The van der Waals surface area contributed by atoms with Gasteiger partial charge in [0.05, 0.1) is 11.5 Å². The van der Waals surface area contributed by atoms with Crippen molar-refractivity contribution in [2.75, 3.05) is 31.1 Å². The minimum absolute atomic E-state index is 0.372. The summed E-state index contributed by atoms with van der Waals surface area (Å²) in [4.78, 5) is 0. The van der Waals surface area contributed by atoms with Crippen molar-refractivity contribution in [3.05, 3.63) is 0 Å². The SMILES string of the molecule is O=S1(=O)CCC(NCC2CCNCC2)CC1. The first kappa shape index (κ1) is 12.3. The van der Waals surface area contributed by atoms with Gasteiger partial charge < -0.3 is 10.6 Å². The Labute approximate surface area is 98.1 Å². The highest BCUT2D eigenvalue weighted by Crippen LogP contribution is 2.14. The molecule has 2 aliphatic rings. The van der Waals surface area contributed by atoms with Gasteiger partial charge in [0, 0.05) is 6.04 Å². The summed E-state index contributed by atoms with van der Waals surface area (Å²) in [6, 6.07) is 0.429. The average Bonchev–Trinajstić information content (AvgIpc) is 2.29. The van der Waals surface area contributed by atoms with Crippen LogP contribution in [0, 0.1) is 5.92 Å². The van der Waals surface area contributed by atoms with Gasteiger partial charge in [0.2, 0.25) is 0 Å². The van der Waals surface area contributed by atoms with Gasteiger partial charge in [-0.05, 0) is 51.2 Å². The summed E-state index contributed by atoms with van der Waals surface area (Å²) in [7, 11) is -2.71. The lowest BCUT2D eigenvalue weighted by atomic mass is 9.97. The Morgan fingerprint density at radius 1 is 1.06 bits per heavy atom. The maximum absolute atomic E-state index is 11.3. The van der Waals surface area contributed by atoms with Crippen LogP contribution in [-0.2, 0) is 9.84 Å². The molecule has 2 fully saturated rings. The molecule has 5 heteroatoms. The van der Waals surface area contributed by atoms with E-state index in [2.05, 4.69) is 10.6 Å². The zero-order chi connectivity index (χ0) is 11.4. The molecule has 2 saturated heterocycles. The molecule has 0 saturated carbocycles. The van der Waals surface area contributed by atoms with Crippen LogP contribution in [0.3, 0.4) is 0 Å². The zero-order valence-electron chi connectivity index (χ0n) is 9.74. The Balaban J connectivity index is 1.67. The van der Waals surface area contributed by atoms with Gasteiger partial charge in [-0.2, -0.15) is 0 Å². The van der Waals surface area contributed by atoms with Crippen molar-refractivity contribution in [3.63, 3.8) is 0 Å². The van der Waals surface area contributed by atoms with Crippen molar-refractivity contribution in [2.24, 2.45) is 5.92 Å². The van der Waals surface area contributed by atoms with Gasteiger partial charge in [-0.1, -0.05) is 0 Å². The minimum atomic E-state index is -2.71. The first-order valence-corrected chi connectivity index (χ1v) is 8.12. The van der Waals surface area contributed by atoms with E-state index in [1.807, 2.05) is 0 Å². The van der Waals surface area contributed by atoms with E-state index >= 15 is 0 Å². The first-order chi connectivity index (χ1) is 7.66. The second kappa shape index (κ2) is 5.47. The van der Waals surface area contributed by atoms with Crippen LogP contribution in [0.15, 0.2) is 0 Å². The van der Waals surface area contributed by atoms with E-state index < -0.39 is 9.84 Å². The van der Waals surface area contributed by atoms with Gasteiger partial charge in [-0.25, -0.2) is 8.42 Å². The fourth-order valence-electron chi connectivity index (χ4n) is 2.51. The fourth-order valence-corrected chi connectivity index (χ4v) is 4.00. The molecule has 2 heterocycles. The normalized spacial score (nSPS) is 28.0. The van der Waals surface area contributed by atoms with E-state index in [1.165, 1.54) is 12.8 Å². The standard InChI is InChI=1S/C11H22N2O2S/c14-16(15)7-3-11(4-8-16)13-9-10-1-5-12-6-2-10/h10-13H,1-9H2. The summed E-state index contributed by atoms with van der Waals surface area (Å²) < 4.78 is 22.5. The van der Waals surface area contributed by atoms with Crippen LogP contribution in [0.5, 0.6) is 0 Å². The van der Waals surface area contributed by atoms with E-state index in [0.29, 0.717) is 17.5 Å². The number of piperidine rings is 1. The predicted molar refractivity (Wildman–Crippen MR) is 65.3 cm³/mol. The molecule has 0 aliphatic carbocycles. The molecule has 2 N–H and O–H groups in total. The Hall–Kier alpha value is -0.130. The lowest BCUT2D eigenvalue weighted by Crippen LogP contribution is -2.41. The Morgan fingerprint density at radius 3 is 2.31 bits per heavy atom. The van der Waals surface area contributed by atoms with Crippen LogP contribution >= 0.6 is 0 Å². The summed E-state index contributed by atoms with van der Waals surface area (Å²) >= 11 is 0. The Bertz CT molecular complexity index is 296. The number of nitrogens with one attached hydrogen (secondary N) is 2. The van der Waals surface area contributed by atoms with Gasteiger partial charge in [-0.3, -0.25) is 0 Å². The molecule has 0 spiro atoms. The summed E-state index contributed by atoms with van der Waals surface area (Å²) in [6.07, 6.45) is 4.09. The molecular formula is C11H22N2O2S. The molecule has 0 atom stereocenters. The highest BCUT2D eigenvalue weighted by Gasteiger charge is 2.24. The smallest absolute Gasteiger partial charge is 0.150 e. The molecule has 0 bridgehead atoms. The molecule has 94 valence electrons. The van der Waals surface area contributed by atoms with Gasteiger partial charge in [-0.15, -0.1) is 0 Å². The highest BCUT2D eigenvalue weighted by molar-refractivity contribution is 7.91. The van der Waals surface area contributed by atoms with E-state index in [-0.39, 0.29) is 0 Å². The topological polar surface area (TPSA) is 58.2 Å².